The van der Waals surface area contributed by atoms with E-state index < -0.39 is 23.0 Å². The zero-order valence-electron chi connectivity index (χ0n) is 10.9. The maximum Gasteiger partial charge on any atom is 0.197 e. The summed E-state index contributed by atoms with van der Waals surface area (Å²) in [4.78, 5) is 12.3. The van der Waals surface area contributed by atoms with Crippen LogP contribution in [0.15, 0.2) is 34.8 Å². The lowest BCUT2D eigenvalue weighted by atomic mass is 10.0. The summed E-state index contributed by atoms with van der Waals surface area (Å²) in [6.45, 7) is 1.85. The second kappa shape index (κ2) is 6.54. The van der Waals surface area contributed by atoms with Crippen molar-refractivity contribution in [2.75, 3.05) is 6.61 Å². The van der Waals surface area contributed by atoms with Crippen LogP contribution in [0, 0.1) is 11.6 Å². The number of halogens is 4. The van der Waals surface area contributed by atoms with Gasteiger partial charge < -0.3 is 4.74 Å². The number of carbonyl (C=O) groups excluding carboxylic acids is 1. The van der Waals surface area contributed by atoms with Crippen LogP contribution in [0.25, 0.3) is 0 Å². The highest BCUT2D eigenvalue weighted by atomic mass is 79.9. The predicted octanol–water partition coefficient (Wildman–Crippen LogP) is 5.01. The monoisotopic (exact) mass is 374 g/mol. The van der Waals surface area contributed by atoms with Crippen LogP contribution in [0.4, 0.5) is 8.78 Å². The molecule has 0 N–H and O–H groups in total. The Balaban J connectivity index is 2.49. The minimum atomic E-state index is -0.860. The van der Waals surface area contributed by atoms with Gasteiger partial charge in [-0.15, -0.1) is 0 Å². The zero-order chi connectivity index (χ0) is 15.6. The first-order chi connectivity index (χ1) is 9.93. The molecule has 0 aliphatic rings. The number of benzene rings is 2. The Kier molecular flexibility index (Phi) is 4.96. The van der Waals surface area contributed by atoms with Crippen molar-refractivity contribution in [1.29, 1.82) is 0 Å². The van der Waals surface area contributed by atoms with Crippen LogP contribution < -0.4 is 4.74 Å². The molecular weight excluding hydrogens is 366 g/mol. The number of carbonyl (C=O) groups is 1. The number of hydrogen-bond acceptors (Lipinski definition) is 2. The molecule has 0 unspecified atom stereocenters. The summed E-state index contributed by atoms with van der Waals surface area (Å²) in [6, 6.07) is 6.28. The van der Waals surface area contributed by atoms with Crippen molar-refractivity contribution >= 4 is 33.3 Å². The highest BCUT2D eigenvalue weighted by molar-refractivity contribution is 9.10. The number of ketones is 1. The standard InChI is InChI=1S/C15H10BrClF2O2/c1-2-21-14-7-12(18)10(6-13(14)19)15(20)9-5-8(16)3-4-11(9)17/h3-7H,2H2,1H3. The van der Waals surface area contributed by atoms with E-state index in [9.17, 15) is 13.6 Å². The average molecular weight is 376 g/mol. The summed E-state index contributed by atoms with van der Waals surface area (Å²) < 4.78 is 33.3. The summed E-state index contributed by atoms with van der Waals surface area (Å²) in [5, 5.41) is 0.164. The second-order valence-corrected chi connectivity index (χ2v) is 5.47. The van der Waals surface area contributed by atoms with Crippen molar-refractivity contribution in [2.24, 2.45) is 0 Å². The molecule has 2 nitrogen and oxygen atoms in total. The maximum absolute atomic E-state index is 14.0. The van der Waals surface area contributed by atoms with Crippen molar-refractivity contribution in [3.05, 3.63) is 62.6 Å². The predicted molar refractivity (Wildman–Crippen MR) is 80.1 cm³/mol. The normalized spacial score (nSPS) is 10.5. The Morgan fingerprint density at radius 2 is 1.90 bits per heavy atom. The van der Waals surface area contributed by atoms with Crippen LogP contribution in [-0.2, 0) is 0 Å². The Morgan fingerprint density at radius 1 is 1.19 bits per heavy atom. The van der Waals surface area contributed by atoms with Crippen LogP contribution in [0.3, 0.4) is 0 Å². The van der Waals surface area contributed by atoms with Crippen LogP contribution >= 0.6 is 27.5 Å². The largest absolute Gasteiger partial charge is 0.491 e. The molecule has 21 heavy (non-hydrogen) atoms. The fourth-order valence-electron chi connectivity index (χ4n) is 1.79. The van der Waals surface area contributed by atoms with E-state index in [1.807, 2.05) is 0 Å². The quantitative estimate of drug-likeness (QED) is 0.702. The molecule has 110 valence electrons. The van der Waals surface area contributed by atoms with E-state index in [-0.39, 0.29) is 22.9 Å². The molecule has 0 aliphatic carbocycles. The van der Waals surface area contributed by atoms with E-state index >= 15 is 0 Å². The molecular formula is C15H10BrClF2O2. The molecule has 0 bridgehead atoms. The Morgan fingerprint density at radius 3 is 2.57 bits per heavy atom. The number of hydrogen-bond donors (Lipinski definition) is 0. The average Bonchev–Trinajstić information content (AvgIpc) is 2.44. The fourth-order valence-corrected chi connectivity index (χ4v) is 2.35. The van der Waals surface area contributed by atoms with E-state index in [1.165, 1.54) is 12.1 Å². The van der Waals surface area contributed by atoms with E-state index in [0.29, 0.717) is 4.47 Å². The third-order valence-corrected chi connectivity index (χ3v) is 3.56. The highest BCUT2D eigenvalue weighted by Gasteiger charge is 2.20. The fraction of sp³-hybridized carbons (Fsp3) is 0.133. The van der Waals surface area contributed by atoms with Crippen molar-refractivity contribution in [2.45, 2.75) is 6.92 Å². The van der Waals surface area contributed by atoms with Gasteiger partial charge in [-0.2, -0.15) is 0 Å². The molecule has 0 aromatic heterocycles. The van der Waals surface area contributed by atoms with Gasteiger partial charge in [-0.1, -0.05) is 27.5 Å². The Hall–Kier alpha value is -1.46. The third kappa shape index (κ3) is 3.41. The van der Waals surface area contributed by atoms with Gasteiger partial charge in [0.15, 0.2) is 17.3 Å². The third-order valence-electron chi connectivity index (χ3n) is 2.74. The summed E-state index contributed by atoms with van der Waals surface area (Å²) >= 11 is 9.14. The van der Waals surface area contributed by atoms with Crippen LogP contribution in [-0.4, -0.2) is 12.4 Å². The molecule has 2 aromatic carbocycles. The van der Waals surface area contributed by atoms with Gasteiger partial charge in [-0.05, 0) is 31.2 Å². The minimum Gasteiger partial charge on any atom is -0.491 e. The first kappa shape index (κ1) is 15.9. The SMILES string of the molecule is CCOc1cc(F)c(C(=O)c2cc(Br)ccc2Cl)cc1F. The van der Waals surface area contributed by atoms with E-state index in [2.05, 4.69) is 15.9 Å². The first-order valence-electron chi connectivity index (χ1n) is 6.05. The lowest BCUT2D eigenvalue weighted by molar-refractivity contribution is 0.103. The smallest absolute Gasteiger partial charge is 0.197 e. The molecule has 0 saturated carbocycles. The highest BCUT2D eigenvalue weighted by Crippen LogP contribution is 2.27. The van der Waals surface area contributed by atoms with Crippen molar-refractivity contribution in [3.63, 3.8) is 0 Å². The summed E-state index contributed by atoms with van der Waals surface area (Å²) in [5.74, 6) is -2.58. The van der Waals surface area contributed by atoms with Gasteiger partial charge in [0.2, 0.25) is 0 Å². The minimum absolute atomic E-state index is 0.0912. The zero-order valence-corrected chi connectivity index (χ0v) is 13.3. The molecule has 0 amide bonds. The number of ether oxygens (including phenoxy) is 1. The number of rotatable bonds is 4. The topological polar surface area (TPSA) is 26.3 Å². The molecule has 0 fully saturated rings. The molecule has 6 heteroatoms. The first-order valence-corrected chi connectivity index (χ1v) is 7.22. The van der Waals surface area contributed by atoms with Crippen LogP contribution in [0.1, 0.15) is 22.8 Å². The van der Waals surface area contributed by atoms with E-state index in [4.69, 9.17) is 16.3 Å². The molecule has 0 atom stereocenters. The van der Waals surface area contributed by atoms with Crippen molar-refractivity contribution in [1.82, 2.24) is 0 Å². The van der Waals surface area contributed by atoms with Crippen molar-refractivity contribution < 1.29 is 18.3 Å². The lowest BCUT2D eigenvalue weighted by Crippen LogP contribution is -2.07. The molecule has 0 radical (unpaired) electrons. The summed E-state index contributed by atoms with van der Waals surface area (Å²) in [6.07, 6.45) is 0. The summed E-state index contributed by atoms with van der Waals surface area (Å²) in [7, 11) is 0. The Labute approximate surface area is 133 Å². The van der Waals surface area contributed by atoms with E-state index in [1.54, 1.807) is 13.0 Å². The molecule has 0 aliphatic heterocycles. The lowest BCUT2D eigenvalue weighted by Gasteiger charge is -2.09. The Bertz CT molecular complexity index is 704. The van der Waals surface area contributed by atoms with Gasteiger partial charge in [0.05, 0.1) is 17.2 Å². The van der Waals surface area contributed by atoms with Gasteiger partial charge in [0.25, 0.3) is 0 Å². The van der Waals surface area contributed by atoms with Crippen LogP contribution in [0.5, 0.6) is 5.75 Å². The molecule has 0 heterocycles. The second-order valence-electron chi connectivity index (χ2n) is 4.15. The van der Waals surface area contributed by atoms with Gasteiger partial charge in [-0.3, -0.25) is 4.79 Å². The van der Waals surface area contributed by atoms with E-state index in [0.717, 1.165) is 12.1 Å². The summed E-state index contributed by atoms with van der Waals surface area (Å²) in [5.41, 5.74) is -0.301. The molecule has 2 aromatic rings. The molecule has 0 spiro atoms. The van der Waals surface area contributed by atoms with Gasteiger partial charge in [0, 0.05) is 16.1 Å². The van der Waals surface area contributed by atoms with Crippen LogP contribution in [0.2, 0.25) is 5.02 Å². The van der Waals surface area contributed by atoms with Crippen molar-refractivity contribution in [3.8, 4) is 5.75 Å². The van der Waals surface area contributed by atoms with Gasteiger partial charge in [-0.25, -0.2) is 8.78 Å². The molecule has 2 rings (SSSR count). The van der Waals surface area contributed by atoms with Gasteiger partial charge >= 0.3 is 0 Å². The van der Waals surface area contributed by atoms with Gasteiger partial charge in [0.1, 0.15) is 5.82 Å². The maximum atomic E-state index is 14.0. The molecule has 0 saturated heterocycles.